The first-order valence-corrected chi connectivity index (χ1v) is 10.0. The number of non-ortho nitro benzene ring substituents is 1. The highest BCUT2D eigenvalue weighted by Crippen LogP contribution is 2.34. The Kier molecular flexibility index (Phi) is 9.19. The molecule has 2 aromatic carbocycles. The molecule has 28 heavy (non-hydrogen) atoms. The van der Waals surface area contributed by atoms with Crippen molar-refractivity contribution in [3.8, 4) is 11.5 Å². The van der Waals surface area contributed by atoms with Gasteiger partial charge in [-0.1, -0.05) is 15.9 Å². The maximum atomic E-state index is 10.7. The van der Waals surface area contributed by atoms with Crippen LogP contribution in [-0.4, -0.2) is 31.7 Å². The first kappa shape index (κ1) is 22.1. The molecular formula is C20H26BrN3O4. The fourth-order valence-corrected chi connectivity index (χ4v) is 3.04. The minimum atomic E-state index is -0.416. The van der Waals surface area contributed by atoms with E-state index in [0.717, 1.165) is 41.7 Å². The van der Waals surface area contributed by atoms with E-state index in [1.54, 1.807) is 12.1 Å². The molecule has 0 amide bonds. The van der Waals surface area contributed by atoms with Crippen molar-refractivity contribution < 1.29 is 14.4 Å². The largest absolute Gasteiger partial charge is 0.490 e. The van der Waals surface area contributed by atoms with Gasteiger partial charge < -0.3 is 20.1 Å². The van der Waals surface area contributed by atoms with Crippen LogP contribution in [0.3, 0.4) is 0 Å². The van der Waals surface area contributed by atoms with Crippen LogP contribution in [-0.2, 0) is 13.2 Å². The first-order valence-electron chi connectivity index (χ1n) is 9.21. The monoisotopic (exact) mass is 451 g/mol. The Balaban J connectivity index is 2.03. The zero-order valence-electron chi connectivity index (χ0n) is 16.2. The van der Waals surface area contributed by atoms with Crippen molar-refractivity contribution >= 4 is 21.6 Å². The van der Waals surface area contributed by atoms with E-state index >= 15 is 0 Å². The number of nitro groups is 1. The number of hydrogen-bond donors (Lipinski definition) is 2. The van der Waals surface area contributed by atoms with E-state index in [9.17, 15) is 10.1 Å². The summed E-state index contributed by atoms with van der Waals surface area (Å²) in [6, 6.07) is 10.2. The molecule has 0 saturated carbocycles. The topological polar surface area (TPSA) is 85.7 Å². The summed E-state index contributed by atoms with van der Waals surface area (Å²) in [5.74, 6) is 1.31. The van der Waals surface area contributed by atoms with Crippen molar-refractivity contribution in [3.05, 3.63) is 62.1 Å². The molecule has 2 N–H and O–H groups in total. The summed E-state index contributed by atoms with van der Waals surface area (Å²) < 4.78 is 12.6. The lowest BCUT2D eigenvalue weighted by Crippen LogP contribution is -2.19. The molecule has 8 heteroatoms. The van der Waals surface area contributed by atoms with Crippen LogP contribution in [0.2, 0.25) is 0 Å². The molecular weight excluding hydrogens is 426 g/mol. The molecule has 2 rings (SSSR count). The van der Waals surface area contributed by atoms with E-state index in [1.807, 2.05) is 26.1 Å². The number of rotatable bonds is 12. The van der Waals surface area contributed by atoms with Crippen LogP contribution >= 0.6 is 15.9 Å². The van der Waals surface area contributed by atoms with Crippen molar-refractivity contribution in [3.63, 3.8) is 0 Å². The van der Waals surface area contributed by atoms with E-state index in [2.05, 4.69) is 26.6 Å². The van der Waals surface area contributed by atoms with E-state index in [0.29, 0.717) is 24.7 Å². The van der Waals surface area contributed by atoms with Crippen molar-refractivity contribution in [1.82, 2.24) is 10.6 Å². The number of benzene rings is 2. The highest BCUT2D eigenvalue weighted by atomic mass is 79.9. The Bertz CT molecular complexity index is 769. The van der Waals surface area contributed by atoms with E-state index in [4.69, 9.17) is 9.47 Å². The van der Waals surface area contributed by atoms with Gasteiger partial charge in [0.15, 0.2) is 11.5 Å². The van der Waals surface area contributed by atoms with Gasteiger partial charge in [0.25, 0.3) is 5.69 Å². The molecule has 2 aromatic rings. The average Bonchev–Trinajstić information content (AvgIpc) is 2.69. The lowest BCUT2D eigenvalue weighted by atomic mass is 10.2. The molecule has 0 saturated heterocycles. The molecule has 0 radical (unpaired) electrons. The van der Waals surface area contributed by atoms with E-state index in [-0.39, 0.29) is 5.69 Å². The van der Waals surface area contributed by atoms with Gasteiger partial charge in [-0.25, -0.2) is 0 Å². The number of nitrogens with one attached hydrogen (secondary N) is 2. The third kappa shape index (κ3) is 6.78. The van der Waals surface area contributed by atoms with E-state index < -0.39 is 4.92 Å². The molecule has 0 atom stereocenters. The number of halogens is 1. The number of hydrogen-bond acceptors (Lipinski definition) is 6. The molecule has 7 nitrogen and oxygen atoms in total. The predicted octanol–water partition coefficient (Wildman–Crippen LogP) is 4.03. The van der Waals surface area contributed by atoms with Crippen LogP contribution in [0.4, 0.5) is 5.69 Å². The Morgan fingerprint density at radius 2 is 1.82 bits per heavy atom. The van der Waals surface area contributed by atoms with Crippen LogP contribution in [0.15, 0.2) is 40.9 Å². The maximum absolute atomic E-state index is 10.7. The molecule has 0 heterocycles. The fourth-order valence-electron chi connectivity index (χ4n) is 2.58. The van der Waals surface area contributed by atoms with Gasteiger partial charge in [0.1, 0.15) is 6.61 Å². The van der Waals surface area contributed by atoms with E-state index in [1.165, 1.54) is 12.1 Å². The Morgan fingerprint density at radius 1 is 1.11 bits per heavy atom. The Labute approximate surface area is 173 Å². The van der Waals surface area contributed by atoms with Gasteiger partial charge >= 0.3 is 0 Å². The maximum Gasteiger partial charge on any atom is 0.269 e. The lowest BCUT2D eigenvalue weighted by Gasteiger charge is -2.15. The van der Waals surface area contributed by atoms with Gasteiger partial charge in [-0.3, -0.25) is 10.1 Å². The third-order valence-electron chi connectivity index (χ3n) is 4.05. The number of nitro benzene ring substituents is 1. The molecule has 0 aromatic heterocycles. The second kappa shape index (κ2) is 11.6. The summed E-state index contributed by atoms with van der Waals surface area (Å²) in [4.78, 5) is 10.3. The summed E-state index contributed by atoms with van der Waals surface area (Å²) in [6.07, 6.45) is 1.06. The normalized spacial score (nSPS) is 10.7. The van der Waals surface area contributed by atoms with Gasteiger partial charge in [-0.15, -0.1) is 0 Å². The second-order valence-electron chi connectivity index (χ2n) is 6.17. The Hall–Kier alpha value is -2.16. The number of nitrogens with zero attached hydrogens (tertiary/aromatic N) is 1. The quantitative estimate of drug-likeness (QED) is 0.287. The van der Waals surface area contributed by atoms with Gasteiger partial charge in [0, 0.05) is 23.2 Å². The third-order valence-corrected chi connectivity index (χ3v) is 4.79. The summed E-state index contributed by atoms with van der Waals surface area (Å²) in [5, 5.41) is 17.3. The highest BCUT2D eigenvalue weighted by Gasteiger charge is 2.12. The van der Waals surface area contributed by atoms with Gasteiger partial charge in [0.2, 0.25) is 0 Å². The summed E-state index contributed by atoms with van der Waals surface area (Å²) in [5.41, 5.74) is 2.00. The van der Waals surface area contributed by atoms with Crippen LogP contribution in [0.5, 0.6) is 11.5 Å². The van der Waals surface area contributed by atoms with Crippen LogP contribution in [0.1, 0.15) is 24.5 Å². The SMILES string of the molecule is CCOc1cc(CNCCCNC)c(Br)cc1OCc1ccc([N+](=O)[O-])cc1. The molecule has 0 unspecified atom stereocenters. The standard InChI is InChI=1S/C20H26BrN3O4/c1-3-27-19-11-16(13-23-10-4-9-22-2)18(21)12-20(19)28-14-15-5-7-17(8-6-15)24(25)26/h5-8,11-12,22-23H,3-4,9-10,13-14H2,1-2H3. The average molecular weight is 452 g/mol. The fraction of sp³-hybridized carbons (Fsp3) is 0.400. The van der Waals surface area contributed by atoms with Gasteiger partial charge in [-0.05, 0) is 68.9 Å². The van der Waals surface area contributed by atoms with Crippen LogP contribution < -0.4 is 20.1 Å². The smallest absolute Gasteiger partial charge is 0.269 e. The first-order chi connectivity index (χ1) is 13.5. The molecule has 0 fully saturated rings. The van der Waals surface area contributed by atoms with Crippen molar-refractivity contribution in [2.45, 2.75) is 26.5 Å². The second-order valence-corrected chi connectivity index (χ2v) is 7.02. The van der Waals surface area contributed by atoms with Crippen molar-refractivity contribution in [1.29, 1.82) is 0 Å². The van der Waals surface area contributed by atoms with Gasteiger partial charge in [0.05, 0.1) is 11.5 Å². The summed E-state index contributed by atoms with van der Waals surface area (Å²) >= 11 is 3.60. The molecule has 152 valence electrons. The number of ether oxygens (including phenoxy) is 2. The summed E-state index contributed by atoms with van der Waals surface area (Å²) in [7, 11) is 1.94. The zero-order chi connectivity index (χ0) is 20.4. The van der Waals surface area contributed by atoms with Crippen LogP contribution in [0.25, 0.3) is 0 Å². The molecule has 0 aliphatic heterocycles. The minimum Gasteiger partial charge on any atom is -0.490 e. The Morgan fingerprint density at radius 3 is 2.46 bits per heavy atom. The molecule has 0 bridgehead atoms. The van der Waals surface area contributed by atoms with Gasteiger partial charge in [-0.2, -0.15) is 0 Å². The zero-order valence-corrected chi connectivity index (χ0v) is 17.8. The molecule has 0 aliphatic rings. The lowest BCUT2D eigenvalue weighted by molar-refractivity contribution is -0.384. The molecule has 0 spiro atoms. The van der Waals surface area contributed by atoms with Crippen molar-refractivity contribution in [2.24, 2.45) is 0 Å². The minimum absolute atomic E-state index is 0.0630. The highest BCUT2D eigenvalue weighted by molar-refractivity contribution is 9.10. The van der Waals surface area contributed by atoms with Crippen molar-refractivity contribution in [2.75, 3.05) is 26.7 Å². The van der Waals surface area contributed by atoms with Crippen LogP contribution in [0, 0.1) is 10.1 Å². The summed E-state index contributed by atoms with van der Waals surface area (Å²) in [6.45, 7) is 5.39. The predicted molar refractivity (Wildman–Crippen MR) is 113 cm³/mol. The molecule has 0 aliphatic carbocycles.